The number of para-hydroxylation sites is 1. The maximum absolute atomic E-state index is 12.3. The number of carbonyl (C=O) groups is 1. The summed E-state index contributed by atoms with van der Waals surface area (Å²) in [5.74, 6) is 1.60. The SMILES string of the molecule is Cc1cc(NC(=O)c2nc(C)n(-c3ccccc3C(C)C)n2)no1. The quantitative estimate of drug-likeness (QED) is 0.796. The molecule has 1 amide bonds. The standard InChI is InChI=1S/C17H19N5O2/c1-10(2)13-7-5-6-8-14(13)22-12(4)18-16(20-22)17(23)19-15-9-11(3)24-21-15/h5-10H,1-4H3,(H,19,21,23). The van der Waals surface area contributed by atoms with Gasteiger partial charge in [0.1, 0.15) is 11.6 Å². The van der Waals surface area contributed by atoms with Gasteiger partial charge in [-0.3, -0.25) is 4.79 Å². The van der Waals surface area contributed by atoms with Gasteiger partial charge in [0.25, 0.3) is 5.91 Å². The topological polar surface area (TPSA) is 85.8 Å². The van der Waals surface area contributed by atoms with Crippen molar-refractivity contribution in [2.24, 2.45) is 0 Å². The molecule has 124 valence electrons. The van der Waals surface area contributed by atoms with E-state index in [9.17, 15) is 4.79 Å². The maximum Gasteiger partial charge on any atom is 0.296 e. The Morgan fingerprint density at radius 1 is 1.25 bits per heavy atom. The van der Waals surface area contributed by atoms with Crippen LogP contribution in [0.3, 0.4) is 0 Å². The van der Waals surface area contributed by atoms with Gasteiger partial charge in [0.2, 0.25) is 5.82 Å². The van der Waals surface area contributed by atoms with Gasteiger partial charge in [0, 0.05) is 6.07 Å². The van der Waals surface area contributed by atoms with Crippen molar-refractivity contribution in [3.63, 3.8) is 0 Å². The molecule has 0 aliphatic carbocycles. The summed E-state index contributed by atoms with van der Waals surface area (Å²) in [7, 11) is 0. The number of hydrogen-bond donors (Lipinski definition) is 1. The first-order valence-electron chi connectivity index (χ1n) is 7.73. The van der Waals surface area contributed by atoms with Crippen LogP contribution in [0.5, 0.6) is 0 Å². The second-order valence-corrected chi connectivity index (χ2v) is 5.88. The fourth-order valence-corrected chi connectivity index (χ4v) is 2.48. The van der Waals surface area contributed by atoms with Crippen molar-refractivity contribution < 1.29 is 9.32 Å². The average molecular weight is 325 g/mol. The number of aryl methyl sites for hydroxylation is 2. The number of nitrogens with one attached hydrogen (secondary N) is 1. The molecule has 0 aliphatic heterocycles. The van der Waals surface area contributed by atoms with E-state index in [1.165, 1.54) is 0 Å². The van der Waals surface area contributed by atoms with Crippen LogP contribution in [0, 0.1) is 13.8 Å². The first-order valence-corrected chi connectivity index (χ1v) is 7.73. The molecule has 3 aromatic rings. The lowest BCUT2D eigenvalue weighted by Crippen LogP contribution is -2.14. The Bertz CT molecular complexity index is 879. The van der Waals surface area contributed by atoms with Crippen LogP contribution in [-0.2, 0) is 0 Å². The molecule has 0 fully saturated rings. The molecular formula is C17H19N5O2. The van der Waals surface area contributed by atoms with Crippen molar-refractivity contribution in [3.05, 3.63) is 53.3 Å². The molecule has 3 rings (SSSR count). The zero-order valence-corrected chi connectivity index (χ0v) is 14.1. The van der Waals surface area contributed by atoms with Gasteiger partial charge in [-0.15, -0.1) is 5.10 Å². The molecule has 24 heavy (non-hydrogen) atoms. The number of rotatable bonds is 4. The molecule has 0 radical (unpaired) electrons. The summed E-state index contributed by atoms with van der Waals surface area (Å²) in [5, 5.41) is 10.7. The molecule has 2 aromatic heterocycles. The van der Waals surface area contributed by atoms with E-state index >= 15 is 0 Å². The van der Waals surface area contributed by atoms with Crippen molar-refractivity contribution in [1.29, 1.82) is 0 Å². The largest absolute Gasteiger partial charge is 0.360 e. The number of nitrogens with zero attached hydrogens (tertiary/aromatic N) is 4. The third-order valence-corrected chi connectivity index (χ3v) is 3.63. The molecule has 2 heterocycles. The second kappa shape index (κ2) is 6.27. The van der Waals surface area contributed by atoms with Gasteiger partial charge in [-0.25, -0.2) is 9.67 Å². The first-order chi connectivity index (χ1) is 11.5. The predicted molar refractivity (Wildman–Crippen MR) is 89.4 cm³/mol. The summed E-state index contributed by atoms with van der Waals surface area (Å²) in [6, 6.07) is 9.60. The molecule has 1 N–H and O–H groups in total. The van der Waals surface area contributed by atoms with Crippen molar-refractivity contribution in [2.75, 3.05) is 5.32 Å². The van der Waals surface area contributed by atoms with Gasteiger partial charge in [-0.1, -0.05) is 37.2 Å². The molecule has 0 atom stereocenters. The van der Waals surface area contributed by atoms with Gasteiger partial charge < -0.3 is 9.84 Å². The van der Waals surface area contributed by atoms with E-state index in [1.54, 1.807) is 17.7 Å². The van der Waals surface area contributed by atoms with Crippen molar-refractivity contribution in [1.82, 2.24) is 19.9 Å². The molecule has 1 aromatic carbocycles. The van der Waals surface area contributed by atoms with Crippen molar-refractivity contribution >= 4 is 11.7 Å². The Labute approximate surface area is 139 Å². The Morgan fingerprint density at radius 3 is 2.67 bits per heavy atom. The monoisotopic (exact) mass is 325 g/mol. The summed E-state index contributed by atoms with van der Waals surface area (Å²) < 4.78 is 6.62. The van der Waals surface area contributed by atoms with Crippen molar-refractivity contribution in [3.8, 4) is 5.69 Å². The minimum absolute atomic E-state index is 0.0895. The molecule has 0 unspecified atom stereocenters. The third kappa shape index (κ3) is 3.05. The Kier molecular flexibility index (Phi) is 4.16. The highest BCUT2D eigenvalue weighted by atomic mass is 16.5. The third-order valence-electron chi connectivity index (χ3n) is 3.63. The van der Waals surface area contributed by atoms with Gasteiger partial charge in [-0.2, -0.15) is 0 Å². The zero-order chi connectivity index (χ0) is 17.3. The lowest BCUT2D eigenvalue weighted by atomic mass is 10.0. The van der Waals surface area contributed by atoms with Crippen molar-refractivity contribution in [2.45, 2.75) is 33.6 Å². The van der Waals surface area contributed by atoms with E-state index < -0.39 is 5.91 Å². The highest BCUT2D eigenvalue weighted by molar-refractivity contribution is 6.00. The highest BCUT2D eigenvalue weighted by Gasteiger charge is 2.18. The predicted octanol–water partition coefficient (Wildman–Crippen LogP) is 3.25. The summed E-state index contributed by atoms with van der Waals surface area (Å²) >= 11 is 0. The minimum Gasteiger partial charge on any atom is -0.360 e. The van der Waals surface area contributed by atoms with E-state index in [0.717, 1.165) is 11.3 Å². The Morgan fingerprint density at radius 2 is 2.00 bits per heavy atom. The molecule has 0 saturated heterocycles. The molecule has 0 aliphatic rings. The fourth-order valence-electron chi connectivity index (χ4n) is 2.48. The molecule has 0 bridgehead atoms. The average Bonchev–Trinajstić information content (AvgIpc) is 3.13. The van der Waals surface area contributed by atoms with Gasteiger partial charge in [0.15, 0.2) is 5.82 Å². The van der Waals surface area contributed by atoms with Crippen LogP contribution in [0.15, 0.2) is 34.9 Å². The normalized spacial score (nSPS) is 11.0. The van der Waals surface area contributed by atoms with Crippen LogP contribution in [0.2, 0.25) is 0 Å². The van der Waals surface area contributed by atoms with Gasteiger partial charge in [0.05, 0.1) is 5.69 Å². The lowest BCUT2D eigenvalue weighted by Gasteiger charge is -2.12. The van der Waals surface area contributed by atoms with Crippen LogP contribution < -0.4 is 5.32 Å². The van der Waals surface area contributed by atoms with Gasteiger partial charge in [-0.05, 0) is 31.4 Å². The number of hydrogen-bond acceptors (Lipinski definition) is 5. The molecule has 7 heteroatoms. The zero-order valence-electron chi connectivity index (χ0n) is 14.1. The summed E-state index contributed by atoms with van der Waals surface area (Å²) in [5.41, 5.74) is 2.07. The van der Waals surface area contributed by atoms with Crippen LogP contribution in [0.25, 0.3) is 5.69 Å². The smallest absolute Gasteiger partial charge is 0.296 e. The Hall–Kier alpha value is -2.96. The lowest BCUT2D eigenvalue weighted by molar-refractivity contribution is 0.101. The van der Waals surface area contributed by atoms with E-state index in [0.29, 0.717) is 23.3 Å². The second-order valence-electron chi connectivity index (χ2n) is 5.88. The molecular weight excluding hydrogens is 306 g/mol. The van der Waals surface area contributed by atoms with E-state index in [4.69, 9.17) is 4.52 Å². The minimum atomic E-state index is -0.424. The summed E-state index contributed by atoms with van der Waals surface area (Å²) in [4.78, 5) is 16.6. The van der Waals surface area contributed by atoms with E-state index in [-0.39, 0.29) is 5.82 Å². The number of aromatic nitrogens is 4. The highest BCUT2D eigenvalue weighted by Crippen LogP contribution is 2.23. The number of carbonyl (C=O) groups excluding carboxylic acids is 1. The van der Waals surface area contributed by atoms with Crippen LogP contribution in [0.4, 0.5) is 5.82 Å². The molecule has 0 spiro atoms. The van der Waals surface area contributed by atoms with Crippen LogP contribution in [0.1, 0.15) is 47.5 Å². The summed E-state index contributed by atoms with van der Waals surface area (Å²) in [6.07, 6.45) is 0. The first kappa shape index (κ1) is 15.9. The number of amides is 1. The Balaban J connectivity index is 1.92. The van der Waals surface area contributed by atoms with E-state index in [1.807, 2.05) is 25.1 Å². The van der Waals surface area contributed by atoms with E-state index in [2.05, 4.69) is 40.5 Å². The number of benzene rings is 1. The molecule has 7 nitrogen and oxygen atoms in total. The fraction of sp³-hybridized carbons (Fsp3) is 0.294. The van der Waals surface area contributed by atoms with Gasteiger partial charge >= 0.3 is 0 Å². The van der Waals surface area contributed by atoms with Crippen LogP contribution >= 0.6 is 0 Å². The van der Waals surface area contributed by atoms with Crippen LogP contribution in [-0.4, -0.2) is 25.8 Å². The number of anilines is 1. The summed E-state index contributed by atoms with van der Waals surface area (Å²) in [6.45, 7) is 7.81. The maximum atomic E-state index is 12.3. The molecule has 0 saturated carbocycles.